The summed E-state index contributed by atoms with van der Waals surface area (Å²) in [5, 5.41) is 4.92. The minimum Gasteiger partial charge on any atom is -0.309 e. The van der Waals surface area contributed by atoms with Crippen LogP contribution in [0.3, 0.4) is 0 Å². The summed E-state index contributed by atoms with van der Waals surface area (Å²) in [5.41, 5.74) is 12.9. The van der Waals surface area contributed by atoms with E-state index >= 15 is 0 Å². The molecular weight excluding hydrogens is 626 g/mol. The summed E-state index contributed by atoms with van der Waals surface area (Å²) < 4.78 is 18.3. The van der Waals surface area contributed by atoms with E-state index in [-0.39, 0.29) is 5.82 Å². The van der Waals surface area contributed by atoms with Gasteiger partial charge in [-0.05, 0) is 102 Å². The molecule has 240 valence electrons. The molecule has 3 heterocycles. The van der Waals surface area contributed by atoms with Gasteiger partial charge in [-0.25, -0.2) is 9.37 Å². The monoisotopic (exact) mass is 655 g/mol. The highest BCUT2D eigenvalue weighted by Gasteiger charge is 2.16. The van der Waals surface area contributed by atoms with Gasteiger partial charge in [0.1, 0.15) is 5.82 Å². The largest absolute Gasteiger partial charge is 0.309 e. The zero-order valence-corrected chi connectivity index (χ0v) is 27.5. The topological polar surface area (TPSA) is 22.8 Å². The van der Waals surface area contributed by atoms with Crippen molar-refractivity contribution in [1.29, 1.82) is 0 Å². The quantitative estimate of drug-likeness (QED) is 0.181. The Kier molecular flexibility index (Phi) is 6.68. The van der Waals surface area contributed by atoms with Crippen molar-refractivity contribution in [2.24, 2.45) is 0 Å². The third-order valence-electron chi connectivity index (χ3n) is 10.0. The van der Waals surface area contributed by atoms with Crippen LogP contribution in [0, 0.1) is 5.82 Å². The van der Waals surface area contributed by atoms with Gasteiger partial charge in [0, 0.05) is 44.0 Å². The first-order valence-electron chi connectivity index (χ1n) is 17.2. The van der Waals surface area contributed by atoms with Crippen LogP contribution in [0.25, 0.3) is 88.6 Å². The Morgan fingerprint density at radius 2 is 0.824 bits per heavy atom. The molecule has 0 unspecified atom stereocenters. The van der Waals surface area contributed by atoms with E-state index in [2.05, 4.69) is 149 Å². The van der Waals surface area contributed by atoms with E-state index in [1.165, 1.54) is 55.8 Å². The molecule has 3 aromatic heterocycles. The van der Waals surface area contributed by atoms with Crippen molar-refractivity contribution in [2.45, 2.75) is 0 Å². The highest BCUT2D eigenvalue weighted by molar-refractivity contribution is 6.12. The molecule has 0 radical (unpaired) electrons. The average Bonchev–Trinajstić information content (AvgIpc) is 3.71. The van der Waals surface area contributed by atoms with Crippen molar-refractivity contribution in [2.75, 3.05) is 0 Å². The van der Waals surface area contributed by atoms with Gasteiger partial charge in [-0.15, -0.1) is 0 Å². The van der Waals surface area contributed by atoms with Crippen LogP contribution in [-0.2, 0) is 0 Å². The molecule has 0 bridgehead atoms. The first-order valence-corrected chi connectivity index (χ1v) is 17.2. The molecular formula is C47H30FN3. The van der Waals surface area contributed by atoms with Crippen LogP contribution in [0.5, 0.6) is 0 Å². The Morgan fingerprint density at radius 3 is 1.53 bits per heavy atom. The van der Waals surface area contributed by atoms with E-state index in [9.17, 15) is 4.39 Å². The van der Waals surface area contributed by atoms with Crippen LogP contribution in [0.1, 0.15) is 0 Å². The van der Waals surface area contributed by atoms with E-state index in [0.717, 1.165) is 44.9 Å². The number of hydrogen-bond donors (Lipinski definition) is 0. The molecule has 3 nitrogen and oxygen atoms in total. The van der Waals surface area contributed by atoms with E-state index in [0.29, 0.717) is 0 Å². The maximum atomic E-state index is 13.5. The summed E-state index contributed by atoms with van der Waals surface area (Å²) in [6.07, 6.45) is 0. The summed E-state index contributed by atoms with van der Waals surface area (Å²) in [7, 11) is 0. The number of rotatable bonds is 5. The number of benzene rings is 7. The lowest BCUT2D eigenvalue weighted by Gasteiger charge is -2.11. The predicted molar refractivity (Wildman–Crippen MR) is 209 cm³/mol. The molecule has 0 fully saturated rings. The Hall–Kier alpha value is -6.78. The molecule has 10 aromatic rings. The summed E-state index contributed by atoms with van der Waals surface area (Å²) in [5.74, 6) is -0.254. The van der Waals surface area contributed by atoms with Crippen molar-refractivity contribution < 1.29 is 4.39 Å². The molecule has 0 aliphatic heterocycles. The fraction of sp³-hybridized carbons (Fsp3) is 0. The minimum atomic E-state index is -0.254. The molecule has 0 saturated carbocycles. The zero-order valence-electron chi connectivity index (χ0n) is 27.5. The molecule has 7 aromatic carbocycles. The summed E-state index contributed by atoms with van der Waals surface area (Å²) >= 11 is 0. The lowest BCUT2D eigenvalue weighted by Crippen LogP contribution is -1.95. The number of aromatic nitrogens is 3. The first kappa shape index (κ1) is 29.2. The van der Waals surface area contributed by atoms with Gasteiger partial charge >= 0.3 is 0 Å². The van der Waals surface area contributed by atoms with Gasteiger partial charge in [0.15, 0.2) is 0 Å². The minimum absolute atomic E-state index is 0.254. The number of hydrogen-bond acceptors (Lipinski definition) is 1. The van der Waals surface area contributed by atoms with E-state index in [1.807, 2.05) is 18.2 Å². The lowest BCUT2D eigenvalue weighted by molar-refractivity contribution is 0.628. The highest BCUT2D eigenvalue weighted by atomic mass is 19.1. The third kappa shape index (κ3) is 4.84. The predicted octanol–water partition coefficient (Wildman–Crippen LogP) is 12.4. The van der Waals surface area contributed by atoms with Gasteiger partial charge in [0.2, 0.25) is 0 Å². The number of halogens is 1. The smallest absolute Gasteiger partial charge is 0.123 e. The SMILES string of the molecule is Fc1ccc(-c2cccc(-c3ccc(-n4c5ccccc5c5ccc(-c6ccc7c(c6)c6ccccc6n7-c6ccccc6)cc54)cc3)n2)cc1. The lowest BCUT2D eigenvalue weighted by atomic mass is 10.0. The van der Waals surface area contributed by atoms with Crippen LogP contribution in [0.2, 0.25) is 0 Å². The van der Waals surface area contributed by atoms with Gasteiger partial charge in [0.25, 0.3) is 0 Å². The van der Waals surface area contributed by atoms with Crippen molar-refractivity contribution in [3.8, 4) is 45.0 Å². The van der Waals surface area contributed by atoms with Crippen molar-refractivity contribution in [3.05, 3.63) is 188 Å². The van der Waals surface area contributed by atoms with Crippen LogP contribution >= 0.6 is 0 Å². The van der Waals surface area contributed by atoms with Crippen LogP contribution in [0.4, 0.5) is 4.39 Å². The Morgan fingerprint density at radius 1 is 0.333 bits per heavy atom. The maximum Gasteiger partial charge on any atom is 0.123 e. The summed E-state index contributed by atoms with van der Waals surface area (Å²) in [6.45, 7) is 0. The van der Waals surface area contributed by atoms with Gasteiger partial charge in [-0.3, -0.25) is 0 Å². The van der Waals surface area contributed by atoms with Crippen LogP contribution in [0.15, 0.2) is 182 Å². The van der Waals surface area contributed by atoms with Gasteiger partial charge in [0.05, 0.1) is 33.5 Å². The zero-order chi connectivity index (χ0) is 33.9. The molecule has 4 heteroatoms. The highest BCUT2D eigenvalue weighted by Crippen LogP contribution is 2.38. The van der Waals surface area contributed by atoms with Gasteiger partial charge < -0.3 is 9.13 Å². The second-order valence-corrected chi connectivity index (χ2v) is 13.0. The molecule has 0 aliphatic carbocycles. The van der Waals surface area contributed by atoms with Crippen LogP contribution in [-0.4, -0.2) is 14.1 Å². The molecule has 0 aliphatic rings. The second kappa shape index (κ2) is 11.7. The third-order valence-corrected chi connectivity index (χ3v) is 10.0. The van der Waals surface area contributed by atoms with E-state index < -0.39 is 0 Å². The van der Waals surface area contributed by atoms with Crippen molar-refractivity contribution in [1.82, 2.24) is 14.1 Å². The first-order chi connectivity index (χ1) is 25.2. The summed E-state index contributed by atoms with van der Waals surface area (Å²) in [4.78, 5) is 4.91. The molecule has 0 N–H and O–H groups in total. The van der Waals surface area contributed by atoms with Gasteiger partial charge in [-0.1, -0.05) is 91.0 Å². The molecule has 10 rings (SSSR count). The average molecular weight is 656 g/mol. The molecule has 0 atom stereocenters. The molecule has 51 heavy (non-hydrogen) atoms. The summed E-state index contributed by atoms with van der Waals surface area (Å²) in [6, 6.07) is 62.6. The molecule has 0 amide bonds. The normalized spacial score (nSPS) is 11.6. The van der Waals surface area contributed by atoms with E-state index in [4.69, 9.17) is 4.98 Å². The Balaban J connectivity index is 1.09. The number of fused-ring (bicyclic) bond motifs is 6. The van der Waals surface area contributed by atoms with Crippen molar-refractivity contribution in [3.63, 3.8) is 0 Å². The Labute approximate surface area is 294 Å². The van der Waals surface area contributed by atoms with Crippen LogP contribution < -0.4 is 0 Å². The molecule has 0 spiro atoms. The number of pyridine rings is 1. The van der Waals surface area contributed by atoms with Crippen molar-refractivity contribution >= 4 is 43.6 Å². The van der Waals surface area contributed by atoms with Gasteiger partial charge in [-0.2, -0.15) is 0 Å². The Bertz CT molecular complexity index is 2900. The maximum absolute atomic E-state index is 13.5. The standard InChI is InChI=1S/C47H30FN3/c48-35-23-17-31(18-24-35)42-13-8-14-43(49-42)32-19-25-37(26-20-32)51-44-15-6-4-11-38(44)40-27-21-34(30-47(40)51)33-22-28-46-41(29-33)39-12-5-7-16-45(39)50(46)36-9-2-1-3-10-36/h1-30H. The number of nitrogens with zero attached hydrogens (tertiary/aromatic N) is 3. The molecule has 0 saturated heterocycles. The van der Waals surface area contributed by atoms with E-state index in [1.54, 1.807) is 12.1 Å². The fourth-order valence-electron chi connectivity index (χ4n) is 7.59. The number of para-hydroxylation sites is 3. The fourth-order valence-corrected chi connectivity index (χ4v) is 7.59. The second-order valence-electron chi connectivity index (χ2n) is 13.0.